The van der Waals surface area contributed by atoms with Crippen LogP contribution in [-0.2, 0) is 15.8 Å². The number of ether oxygens (including phenoxy) is 1. The van der Waals surface area contributed by atoms with Crippen molar-refractivity contribution in [3.63, 3.8) is 0 Å². The minimum atomic E-state index is -4.43. The second-order valence-electron chi connectivity index (χ2n) is 3.22. The number of hydrogen-bond acceptors (Lipinski definition) is 5. The average molecular weight is 264 g/mol. The van der Waals surface area contributed by atoms with Gasteiger partial charge in [0.05, 0.1) is 18.6 Å². The van der Waals surface area contributed by atoms with Gasteiger partial charge in [0.25, 0.3) is 0 Å². The monoisotopic (exact) mass is 264 g/mol. The van der Waals surface area contributed by atoms with Gasteiger partial charge in [0.1, 0.15) is 5.75 Å². The Hall–Kier alpha value is -1.80. The highest BCUT2D eigenvalue weighted by Gasteiger charge is 2.30. The SMILES string of the molecule is NNOC(=O)CCOc1cccc(C(F)(F)F)c1. The van der Waals surface area contributed by atoms with Crippen LogP contribution in [0.2, 0.25) is 0 Å². The largest absolute Gasteiger partial charge is 0.493 e. The molecule has 0 fully saturated rings. The molecule has 0 bridgehead atoms. The number of carbonyl (C=O) groups is 1. The fourth-order valence-corrected chi connectivity index (χ4v) is 1.13. The Morgan fingerprint density at radius 3 is 2.72 bits per heavy atom. The Kier molecular flexibility index (Phi) is 4.93. The van der Waals surface area contributed by atoms with Gasteiger partial charge in [-0.2, -0.15) is 13.2 Å². The van der Waals surface area contributed by atoms with Gasteiger partial charge in [-0.25, -0.2) is 5.84 Å². The van der Waals surface area contributed by atoms with Crippen LogP contribution in [0, 0.1) is 0 Å². The van der Waals surface area contributed by atoms with Gasteiger partial charge in [-0.3, -0.25) is 4.79 Å². The van der Waals surface area contributed by atoms with E-state index >= 15 is 0 Å². The van der Waals surface area contributed by atoms with Crippen LogP contribution >= 0.6 is 0 Å². The number of benzene rings is 1. The maximum absolute atomic E-state index is 12.4. The van der Waals surface area contributed by atoms with Crippen molar-refractivity contribution in [1.82, 2.24) is 5.59 Å². The molecule has 1 aromatic rings. The van der Waals surface area contributed by atoms with E-state index in [4.69, 9.17) is 10.6 Å². The molecule has 0 atom stereocenters. The van der Waals surface area contributed by atoms with Gasteiger partial charge in [-0.1, -0.05) is 11.7 Å². The second kappa shape index (κ2) is 6.22. The summed E-state index contributed by atoms with van der Waals surface area (Å²) in [5, 5.41) is 0. The van der Waals surface area contributed by atoms with Crippen LogP contribution in [0.3, 0.4) is 0 Å². The standard InChI is InChI=1S/C10H11F3N2O3/c11-10(12,13)7-2-1-3-8(6-7)17-5-4-9(16)18-15-14/h1-3,6,15H,4-5,14H2. The van der Waals surface area contributed by atoms with E-state index in [2.05, 4.69) is 4.84 Å². The van der Waals surface area contributed by atoms with Gasteiger partial charge in [0.15, 0.2) is 0 Å². The third-order valence-corrected chi connectivity index (χ3v) is 1.91. The molecule has 100 valence electrons. The van der Waals surface area contributed by atoms with Crippen molar-refractivity contribution in [1.29, 1.82) is 0 Å². The fraction of sp³-hybridized carbons (Fsp3) is 0.300. The Morgan fingerprint density at radius 1 is 1.39 bits per heavy atom. The number of carbonyl (C=O) groups excluding carboxylic acids is 1. The summed E-state index contributed by atoms with van der Waals surface area (Å²) in [6.07, 6.45) is -4.57. The Morgan fingerprint density at radius 2 is 2.11 bits per heavy atom. The van der Waals surface area contributed by atoms with Crippen molar-refractivity contribution in [2.24, 2.45) is 5.84 Å². The Balaban J connectivity index is 2.51. The third kappa shape index (κ3) is 4.60. The first-order valence-corrected chi connectivity index (χ1v) is 4.89. The fourth-order valence-electron chi connectivity index (χ4n) is 1.13. The molecule has 0 aliphatic carbocycles. The normalized spacial score (nSPS) is 11.1. The van der Waals surface area contributed by atoms with Gasteiger partial charge >= 0.3 is 12.1 Å². The zero-order valence-electron chi connectivity index (χ0n) is 9.16. The molecule has 0 amide bonds. The van der Waals surface area contributed by atoms with E-state index in [0.717, 1.165) is 12.1 Å². The van der Waals surface area contributed by atoms with Crippen molar-refractivity contribution < 1.29 is 27.5 Å². The van der Waals surface area contributed by atoms with E-state index in [9.17, 15) is 18.0 Å². The number of hydrogen-bond donors (Lipinski definition) is 2. The van der Waals surface area contributed by atoms with Gasteiger partial charge in [-0.05, 0) is 18.2 Å². The zero-order chi connectivity index (χ0) is 13.6. The van der Waals surface area contributed by atoms with Gasteiger partial charge in [0.2, 0.25) is 0 Å². The van der Waals surface area contributed by atoms with Crippen LogP contribution < -0.4 is 16.2 Å². The minimum Gasteiger partial charge on any atom is -0.493 e. The molecule has 0 saturated carbocycles. The van der Waals surface area contributed by atoms with Gasteiger partial charge < -0.3 is 9.57 Å². The summed E-state index contributed by atoms with van der Waals surface area (Å²) >= 11 is 0. The zero-order valence-corrected chi connectivity index (χ0v) is 9.16. The van der Waals surface area contributed by atoms with Crippen LogP contribution in [0.5, 0.6) is 5.75 Å². The van der Waals surface area contributed by atoms with E-state index in [1.165, 1.54) is 12.1 Å². The molecule has 0 heterocycles. The number of alkyl halides is 3. The second-order valence-corrected chi connectivity index (χ2v) is 3.22. The summed E-state index contributed by atoms with van der Waals surface area (Å²) in [6, 6.07) is 4.37. The van der Waals surface area contributed by atoms with E-state index in [1.807, 2.05) is 0 Å². The summed E-state index contributed by atoms with van der Waals surface area (Å²) in [5.74, 6) is 4.07. The summed E-state index contributed by atoms with van der Waals surface area (Å²) < 4.78 is 42.1. The Labute approximate surface area is 101 Å². The minimum absolute atomic E-state index is 0.0262. The molecule has 0 radical (unpaired) electrons. The first-order chi connectivity index (χ1) is 8.43. The molecule has 1 rings (SSSR count). The molecular weight excluding hydrogens is 253 g/mol. The first-order valence-electron chi connectivity index (χ1n) is 4.89. The molecule has 0 saturated heterocycles. The lowest BCUT2D eigenvalue weighted by atomic mass is 10.2. The predicted octanol–water partition coefficient (Wildman–Crippen LogP) is 1.40. The highest BCUT2D eigenvalue weighted by Crippen LogP contribution is 2.31. The summed E-state index contributed by atoms with van der Waals surface area (Å²) in [5.41, 5.74) is 0.878. The molecule has 18 heavy (non-hydrogen) atoms. The van der Waals surface area contributed by atoms with Crippen LogP contribution in [-0.4, -0.2) is 12.6 Å². The number of halogens is 3. The highest BCUT2D eigenvalue weighted by molar-refractivity contribution is 5.69. The smallest absolute Gasteiger partial charge is 0.416 e. The quantitative estimate of drug-likeness (QED) is 0.621. The van der Waals surface area contributed by atoms with E-state index < -0.39 is 17.7 Å². The van der Waals surface area contributed by atoms with Crippen LogP contribution in [0.1, 0.15) is 12.0 Å². The van der Waals surface area contributed by atoms with E-state index in [1.54, 1.807) is 5.59 Å². The third-order valence-electron chi connectivity index (χ3n) is 1.91. The maximum Gasteiger partial charge on any atom is 0.416 e. The molecule has 5 nitrogen and oxygen atoms in total. The van der Waals surface area contributed by atoms with E-state index in [0.29, 0.717) is 0 Å². The van der Waals surface area contributed by atoms with Crippen molar-refractivity contribution in [3.05, 3.63) is 29.8 Å². The predicted molar refractivity (Wildman–Crippen MR) is 55.0 cm³/mol. The summed E-state index contributed by atoms with van der Waals surface area (Å²) in [4.78, 5) is 15.0. The molecule has 0 aliphatic rings. The molecule has 0 aliphatic heterocycles. The Bertz CT molecular complexity index is 410. The topological polar surface area (TPSA) is 73.6 Å². The maximum atomic E-state index is 12.4. The molecular formula is C10H11F3N2O3. The molecule has 3 N–H and O–H groups in total. The van der Waals surface area contributed by atoms with Gasteiger partial charge in [0, 0.05) is 0 Å². The lowest BCUT2D eigenvalue weighted by Gasteiger charge is -2.09. The number of nitrogens with two attached hydrogens (primary N) is 1. The highest BCUT2D eigenvalue weighted by atomic mass is 19.4. The first kappa shape index (κ1) is 14.3. The summed E-state index contributed by atoms with van der Waals surface area (Å²) in [6.45, 7) is -0.109. The van der Waals surface area contributed by atoms with Crippen molar-refractivity contribution >= 4 is 5.97 Å². The number of nitrogens with one attached hydrogen (secondary N) is 1. The van der Waals surface area contributed by atoms with Crippen LogP contribution in [0.25, 0.3) is 0 Å². The van der Waals surface area contributed by atoms with Crippen molar-refractivity contribution in [3.8, 4) is 5.75 Å². The summed E-state index contributed by atoms with van der Waals surface area (Å²) in [7, 11) is 0. The van der Waals surface area contributed by atoms with E-state index in [-0.39, 0.29) is 18.8 Å². The number of rotatable bonds is 5. The molecule has 1 aromatic carbocycles. The molecule has 8 heteroatoms. The molecule has 0 unspecified atom stereocenters. The van der Waals surface area contributed by atoms with Crippen LogP contribution in [0.4, 0.5) is 13.2 Å². The number of hydrazine groups is 1. The van der Waals surface area contributed by atoms with Gasteiger partial charge in [-0.15, -0.1) is 0 Å². The van der Waals surface area contributed by atoms with Crippen molar-refractivity contribution in [2.75, 3.05) is 6.61 Å². The van der Waals surface area contributed by atoms with Crippen LogP contribution in [0.15, 0.2) is 24.3 Å². The lowest BCUT2D eigenvalue weighted by Crippen LogP contribution is -2.26. The average Bonchev–Trinajstić information content (AvgIpc) is 2.29. The molecule has 0 spiro atoms. The van der Waals surface area contributed by atoms with Crippen molar-refractivity contribution in [2.45, 2.75) is 12.6 Å². The molecule has 0 aromatic heterocycles. The lowest BCUT2D eigenvalue weighted by molar-refractivity contribution is -0.151.